The number of hydrogen-bond donors (Lipinski definition) is 1. The molecule has 1 aliphatic rings. The average molecular weight is 403 g/mol. The van der Waals surface area contributed by atoms with Crippen molar-refractivity contribution in [1.29, 1.82) is 0 Å². The third-order valence-corrected chi connectivity index (χ3v) is 5.85. The van der Waals surface area contributed by atoms with Crippen LogP contribution in [-0.2, 0) is 20.7 Å². The third kappa shape index (κ3) is 6.89. The molecule has 1 amide bonds. The van der Waals surface area contributed by atoms with E-state index < -0.39 is 0 Å². The quantitative estimate of drug-likeness (QED) is 0.566. The molecular weight excluding hydrogens is 380 g/mol. The molecule has 10 heteroatoms. The van der Waals surface area contributed by atoms with Crippen molar-refractivity contribution >= 4 is 56.6 Å². The molecule has 1 aromatic heterocycles. The highest BCUT2D eigenvalue weighted by molar-refractivity contribution is 8.23. The second-order valence-corrected chi connectivity index (χ2v) is 7.99. The van der Waals surface area contributed by atoms with Crippen LogP contribution in [0.3, 0.4) is 0 Å². The van der Waals surface area contributed by atoms with Crippen LogP contribution in [0.4, 0.5) is 5.13 Å². The van der Waals surface area contributed by atoms with Gasteiger partial charge in [-0.2, -0.15) is 0 Å². The molecule has 2 rings (SSSR count). The van der Waals surface area contributed by atoms with Gasteiger partial charge < -0.3 is 19.9 Å². The summed E-state index contributed by atoms with van der Waals surface area (Å²) in [6, 6.07) is 0. The maximum absolute atomic E-state index is 12.0. The van der Waals surface area contributed by atoms with Crippen LogP contribution in [0.2, 0.25) is 0 Å². The summed E-state index contributed by atoms with van der Waals surface area (Å²) in [5.74, 6) is -0.227. The number of rotatable bonds is 6. The Bertz CT molecular complexity index is 615. The summed E-state index contributed by atoms with van der Waals surface area (Å²) in [6.07, 6.45) is 0.114. The minimum absolute atomic E-state index is 0.114. The van der Waals surface area contributed by atoms with Gasteiger partial charge in [0, 0.05) is 31.6 Å². The molecule has 0 unspecified atom stereocenters. The lowest BCUT2D eigenvalue weighted by molar-refractivity contribution is -0.142. The highest BCUT2D eigenvalue weighted by atomic mass is 32.2. The lowest BCUT2D eigenvalue weighted by Crippen LogP contribution is -2.46. The first kappa shape index (κ1) is 20.1. The van der Waals surface area contributed by atoms with Crippen molar-refractivity contribution in [2.75, 3.05) is 50.9 Å². The zero-order valence-corrected chi connectivity index (χ0v) is 16.8. The summed E-state index contributed by atoms with van der Waals surface area (Å²) in [5.41, 5.74) is 0.597. The van der Waals surface area contributed by atoms with E-state index in [1.54, 1.807) is 12.3 Å². The summed E-state index contributed by atoms with van der Waals surface area (Å²) < 4.78 is 5.63. The first-order valence-electron chi connectivity index (χ1n) is 7.98. The van der Waals surface area contributed by atoms with E-state index in [1.165, 1.54) is 23.1 Å². The van der Waals surface area contributed by atoms with E-state index in [4.69, 9.17) is 17.0 Å². The monoisotopic (exact) mass is 402 g/mol. The molecule has 1 aromatic rings. The van der Waals surface area contributed by atoms with Gasteiger partial charge in [-0.3, -0.25) is 9.59 Å². The number of thiazole rings is 1. The van der Waals surface area contributed by atoms with E-state index in [-0.39, 0.29) is 24.1 Å². The summed E-state index contributed by atoms with van der Waals surface area (Å²) in [7, 11) is 2.09. The molecule has 0 radical (unpaired) electrons. The van der Waals surface area contributed by atoms with Crippen molar-refractivity contribution < 1.29 is 14.3 Å². The van der Waals surface area contributed by atoms with Gasteiger partial charge in [0.05, 0.1) is 24.5 Å². The molecule has 0 aliphatic carbocycles. The SMILES string of the molecule is CCOC(=O)Cc1csc(NC(=O)CSC(=S)N2CCN(C)CC2)n1. The molecular formula is C15H22N4O3S3. The largest absolute Gasteiger partial charge is 0.466 e. The topological polar surface area (TPSA) is 74.8 Å². The Morgan fingerprint density at radius 3 is 2.80 bits per heavy atom. The molecule has 25 heavy (non-hydrogen) atoms. The normalized spacial score (nSPS) is 15.0. The molecule has 0 spiro atoms. The molecule has 1 aliphatic heterocycles. The van der Waals surface area contributed by atoms with E-state index in [0.717, 1.165) is 30.5 Å². The zero-order valence-electron chi connectivity index (χ0n) is 14.3. The van der Waals surface area contributed by atoms with Gasteiger partial charge in [0.2, 0.25) is 5.91 Å². The van der Waals surface area contributed by atoms with Crippen LogP contribution in [0.25, 0.3) is 0 Å². The fourth-order valence-electron chi connectivity index (χ4n) is 2.17. The van der Waals surface area contributed by atoms with Crippen LogP contribution in [0.15, 0.2) is 5.38 Å². The molecule has 0 atom stereocenters. The number of piperazine rings is 1. The number of anilines is 1. The second-order valence-electron chi connectivity index (χ2n) is 5.52. The standard InChI is InChI=1S/C15H22N4O3S3/c1-3-22-13(21)8-11-9-24-14(16-11)17-12(20)10-25-15(23)19-6-4-18(2)5-7-19/h9H,3-8,10H2,1-2H3,(H,16,17,20). The molecule has 0 bridgehead atoms. The first-order valence-corrected chi connectivity index (χ1v) is 10.3. The number of aromatic nitrogens is 1. The molecule has 7 nitrogen and oxygen atoms in total. The molecule has 0 aromatic carbocycles. The van der Waals surface area contributed by atoms with Crippen LogP contribution in [0, 0.1) is 0 Å². The fourth-order valence-corrected chi connectivity index (χ4v) is 3.95. The fraction of sp³-hybridized carbons (Fsp3) is 0.600. The van der Waals surface area contributed by atoms with Crippen LogP contribution in [0.5, 0.6) is 0 Å². The number of nitrogens with zero attached hydrogens (tertiary/aromatic N) is 3. The smallest absolute Gasteiger partial charge is 0.311 e. The van der Waals surface area contributed by atoms with Gasteiger partial charge in [-0.05, 0) is 14.0 Å². The van der Waals surface area contributed by atoms with E-state index in [9.17, 15) is 9.59 Å². The van der Waals surface area contributed by atoms with Crippen molar-refractivity contribution in [1.82, 2.24) is 14.8 Å². The number of nitrogens with one attached hydrogen (secondary N) is 1. The Hall–Kier alpha value is -1.23. The van der Waals surface area contributed by atoms with Crippen LogP contribution < -0.4 is 5.32 Å². The summed E-state index contributed by atoms with van der Waals surface area (Å²) in [6.45, 7) is 5.86. The van der Waals surface area contributed by atoms with Gasteiger partial charge in [-0.15, -0.1) is 11.3 Å². The van der Waals surface area contributed by atoms with Crippen molar-refractivity contribution in [3.63, 3.8) is 0 Å². The zero-order chi connectivity index (χ0) is 18.2. The van der Waals surface area contributed by atoms with Crippen molar-refractivity contribution in [3.05, 3.63) is 11.1 Å². The summed E-state index contributed by atoms with van der Waals surface area (Å²) >= 11 is 8.05. The van der Waals surface area contributed by atoms with E-state index >= 15 is 0 Å². The summed E-state index contributed by atoms with van der Waals surface area (Å²) in [5, 5.41) is 4.97. The van der Waals surface area contributed by atoms with Gasteiger partial charge in [-0.1, -0.05) is 24.0 Å². The number of hydrogen-bond acceptors (Lipinski definition) is 8. The van der Waals surface area contributed by atoms with E-state index in [1.807, 2.05) is 0 Å². The Balaban J connectivity index is 1.72. The number of amides is 1. The Morgan fingerprint density at radius 1 is 1.40 bits per heavy atom. The number of likely N-dealkylation sites (N-methyl/N-ethyl adjacent to an activating group) is 1. The van der Waals surface area contributed by atoms with Crippen molar-refractivity contribution in [3.8, 4) is 0 Å². The Morgan fingerprint density at radius 2 is 2.12 bits per heavy atom. The summed E-state index contributed by atoms with van der Waals surface area (Å²) in [4.78, 5) is 32.1. The minimum Gasteiger partial charge on any atom is -0.466 e. The molecule has 2 heterocycles. The van der Waals surface area contributed by atoms with E-state index in [0.29, 0.717) is 17.4 Å². The highest BCUT2D eigenvalue weighted by Gasteiger charge is 2.18. The van der Waals surface area contributed by atoms with Gasteiger partial charge in [0.15, 0.2) is 5.13 Å². The van der Waals surface area contributed by atoms with Crippen molar-refractivity contribution in [2.45, 2.75) is 13.3 Å². The van der Waals surface area contributed by atoms with Crippen molar-refractivity contribution in [2.24, 2.45) is 0 Å². The predicted octanol–water partition coefficient (Wildman–Crippen LogP) is 1.45. The third-order valence-electron chi connectivity index (χ3n) is 3.52. The molecule has 138 valence electrons. The van der Waals surface area contributed by atoms with Gasteiger partial charge >= 0.3 is 5.97 Å². The van der Waals surface area contributed by atoms with Gasteiger partial charge in [0.1, 0.15) is 4.32 Å². The minimum atomic E-state index is -0.321. The first-order chi connectivity index (χ1) is 12.0. The highest BCUT2D eigenvalue weighted by Crippen LogP contribution is 2.17. The number of esters is 1. The van der Waals surface area contributed by atoms with Gasteiger partial charge in [0.25, 0.3) is 0 Å². The number of thioether (sulfide) groups is 1. The molecule has 1 fully saturated rings. The van der Waals surface area contributed by atoms with Crippen LogP contribution in [-0.4, -0.2) is 76.6 Å². The molecule has 1 N–H and O–H groups in total. The number of carbonyl (C=O) groups is 2. The average Bonchev–Trinajstić information content (AvgIpc) is 3.00. The maximum Gasteiger partial charge on any atom is 0.311 e. The van der Waals surface area contributed by atoms with Crippen LogP contribution in [0.1, 0.15) is 12.6 Å². The Labute approximate surface area is 161 Å². The maximum atomic E-state index is 12.0. The second kappa shape index (κ2) is 10.0. The van der Waals surface area contributed by atoms with Crippen LogP contribution >= 0.6 is 35.3 Å². The number of ether oxygens (including phenoxy) is 1. The Kier molecular flexibility index (Phi) is 8.07. The predicted molar refractivity (Wildman–Crippen MR) is 105 cm³/mol. The van der Waals surface area contributed by atoms with E-state index in [2.05, 4.69) is 27.1 Å². The molecule has 1 saturated heterocycles. The number of thiocarbonyl (C=S) groups is 1. The lowest BCUT2D eigenvalue weighted by Gasteiger charge is -2.33. The molecule has 0 saturated carbocycles. The lowest BCUT2D eigenvalue weighted by atomic mass is 10.3. The number of carbonyl (C=O) groups excluding carboxylic acids is 2. The van der Waals surface area contributed by atoms with Gasteiger partial charge in [-0.25, -0.2) is 4.98 Å².